The SMILES string of the molecule is OC(O)CCCC/C1=N/C=C/C(c2cc(-c3ccc(Br)cc3)on2)=C\C=C\CN1c1ccc(F)cc1. The van der Waals surface area contributed by atoms with Gasteiger partial charge < -0.3 is 19.6 Å². The van der Waals surface area contributed by atoms with E-state index in [1.54, 1.807) is 18.3 Å². The van der Waals surface area contributed by atoms with E-state index in [4.69, 9.17) is 19.7 Å². The van der Waals surface area contributed by atoms with Gasteiger partial charge in [0.05, 0.1) is 0 Å². The van der Waals surface area contributed by atoms with Gasteiger partial charge in [-0.1, -0.05) is 51.4 Å². The number of hydrogen-bond donors (Lipinski definition) is 2. The quantitative estimate of drug-likeness (QED) is 0.247. The average Bonchev–Trinajstić information content (AvgIpc) is 3.36. The molecule has 1 aromatic heterocycles. The topological polar surface area (TPSA) is 82.1 Å². The molecule has 2 N–H and O–H groups in total. The zero-order chi connectivity index (χ0) is 25.3. The third kappa shape index (κ3) is 7.10. The number of halogens is 2. The lowest BCUT2D eigenvalue weighted by Crippen LogP contribution is -2.31. The maximum absolute atomic E-state index is 13.5. The molecule has 1 aliphatic rings. The van der Waals surface area contributed by atoms with Crippen LogP contribution in [0.4, 0.5) is 10.1 Å². The molecular formula is C28H27BrFN3O3. The first-order valence-electron chi connectivity index (χ1n) is 11.7. The Bertz CT molecular complexity index is 1260. The van der Waals surface area contributed by atoms with Gasteiger partial charge in [-0.3, -0.25) is 0 Å². The van der Waals surface area contributed by atoms with Gasteiger partial charge in [0, 0.05) is 46.5 Å². The third-order valence-electron chi connectivity index (χ3n) is 5.67. The highest BCUT2D eigenvalue weighted by molar-refractivity contribution is 9.10. The summed E-state index contributed by atoms with van der Waals surface area (Å²) in [7, 11) is 0. The third-order valence-corrected chi connectivity index (χ3v) is 6.20. The second-order valence-electron chi connectivity index (χ2n) is 8.31. The predicted octanol–water partition coefficient (Wildman–Crippen LogP) is 6.49. The molecule has 186 valence electrons. The first kappa shape index (κ1) is 25.8. The molecule has 1 aliphatic heterocycles. The molecule has 0 bridgehead atoms. The Hall–Kier alpha value is -3.33. The standard InChI is InChI=1S/C28H27BrFN3O3/c29-22-10-8-21(9-11-22)26-19-25(32-36-26)20-5-3-4-18-33(24-14-12-23(30)13-15-24)27(31-17-16-20)6-1-2-7-28(34)35/h3-5,8-17,19,28,34-35H,1-2,6-7,18H2/b4-3+,17-16+,20-5+,31-27-. The molecular weight excluding hydrogens is 525 g/mol. The number of amidine groups is 1. The van der Waals surface area contributed by atoms with Gasteiger partial charge in [-0.15, -0.1) is 0 Å². The van der Waals surface area contributed by atoms with E-state index in [0.29, 0.717) is 37.3 Å². The van der Waals surface area contributed by atoms with Crippen molar-refractivity contribution in [1.82, 2.24) is 5.16 Å². The van der Waals surface area contributed by atoms with Crippen molar-refractivity contribution in [3.63, 3.8) is 0 Å². The van der Waals surface area contributed by atoms with Crippen LogP contribution >= 0.6 is 15.9 Å². The summed E-state index contributed by atoms with van der Waals surface area (Å²) in [4.78, 5) is 6.76. The van der Waals surface area contributed by atoms with Crippen molar-refractivity contribution in [2.45, 2.75) is 32.0 Å². The highest BCUT2D eigenvalue weighted by Gasteiger charge is 2.14. The number of aliphatic hydroxyl groups is 2. The van der Waals surface area contributed by atoms with E-state index in [0.717, 1.165) is 33.6 Å². The predicted molar refractivity (Wildman–Crippen MR) is 144 cm³/mol. The molecule has 0 aliphatic carbocycles. The number of rotatable bonds is 8. The van der Waals surface area contributed by atoms with Crippen molar-refractivity contribution < 1.29 is 19.1 Å². The van der Waals surface area contributed by atoms with E-state index in [2.05, 4.69) is 21.1 Å². The minimum atomic E-state index is -1.32. The molecule has 0 saturated heterocycles. The molecule has 0 fully saturated rings. The number of benzene rings is 2. The van der Waals surface area contributed by atoms with E-state index in [9.17, 15) is 4.39 Å². The average molecular weight is 552 g/mol. The number of aromatic nitrogens is 1. The number of aliphatic imine (C=N–C) groups is 1. The number of hydrogen-bond acceptors (Lipinski definition) is 6. The lowest BCUT2D eigenvalue weighted by molar-refractivity contribution is -0.0464. The summed E-state index contributed by atoms with van der Waals surface area (Å²) >= 11 is 3.44. The highest BCUT2D eigenvalue weighted by atomic mass is 79.9. The lowest BCUT2D eigenvalue weighted by Gasteiger charge is -2.25. The van der Waals surface area contributed by atoms with E-state index < -0.39 is 6.29 Å². The van der Waals surface area contributed by atoms with Gasteiger partial charge in [0.1, 0.15) is 17.3 Å². The molecule has 2 aromatic carbocycles. The number of unbranched alkanes of at least 4 members (excludes halogenated alkanes) is 1. The van der Waals surface area contributed by atoms with Crippen LogP contribution in [0.15, 0.2) is 99.1 Å². The Morgan fingerprint density at radius 1 is 1.06 bits per heavy atom. The molecule has 2 heterocycles. The van der Waals surface area contributed by atoms with Crippen LogP contribution in [0.5, 0.6) is 0 Å². The molecule has 4 rings (SSSR count). The molecule has 0 saturated carbocycles. The van der Waals surface area contributed by atoms with Crippen molar-refractivity contribution in [1.29, 1.82) is 0 Å². The van der Waals surface area contributed by atoms with Crippen molar-refractivity contribution in [2.24, 2.45) is 4.99 Å². The summed E-state index contributed by atoms with van der Waals surface area (Å²) < 4.78 is 20.1. The number of aliphatic hydroxyl groups excluding tert-OH is 1. The second-order valence-corrected chi connectivity index (χ2v) is 9.22. The fraction of sp³-hybridized carbons (Fsp3) is 0.214. The van der Waals surface area contributed by atoms with Gasteiger partial charge in [0.15, 0.2) is 12.1 Å². The summed E-state index contributed by atoms with van der Waals surface area (Å²) in [5, 5.41) is 22.6. The summed E-state index contributed by atoms with van der Waals surface area (Å²) in [6.07, 6.45) is 10.5. The van der Waals surface area contributed by atoms with Crippen LogP contribution in [-0.4, -0.2) is 34.0 Å². The monoisotopic (exact) mass is 551 g/mol. The fourth-order valence-electron chi connectivity index (χ4n) is 3.79. The van der Waals surface area contributed by atoms with Gasteiger partial charge in [0.2, 0.25) is 0 Å². The van der Waals surface area contributed by atoms with Crippen LogP contribution < -0.4 is 4.90 Å². The number of nitrogens with zero attached hydrogens (tertiary/aromatic N) is 3. The Morgan fingerprint density at radius 3 is 2.58 bits per heavy atom. The molecule has 0 radical (unpaired) electrons. The van der Waals surface area contributed by atoms with E-state index in [-0.39, 0.29) is 5.82 Å². The molecule has 36 heavy (non-hydrogen) atoms. The molecule has 0 unspecified atom stereocenters. The van der Waals surface area contributed by atoms with E-state index in [1.807, 2.05) is 59.5 Å². The van der Waals surface area contributed by atoms with Crippen molar-refractivity contribution >= 4 is 33.0 Å². The molecule has 0 atom stereocenters. The van der Waals surface area contributed by atoms with Crippen LogP contribution in [-0.2, 0) is 0 Å². The fourth-order valence-corrected chi connectivity index (χ4v) is 4.05. The summed E-state index contributed by atoms with van der Waals surface area (Å²) in [6, 6.07) is 16.0. The Labute approximate surface area is 217 Å². The number of anilines is 1. The van der Waals surface area contributed by atoms with Gasteiger partial charge in [-0.25, -0.2) is 9.38 Å². The first-order chi connectivity index (χ1) is 17.5. The molecule has 8 heteroatoms. The molecule has 6 nitrogen and oxygen atoms in total. The minimum absolute atomic E-state index is 0.298. The van der Waals surface area contributed by atoms with Gasteiger partial charge in [-0.2, -0.15) is 0 Å². The first-order valence-corrected chi connectivity index (χ1v) is 12.5. The number of allylic oxidation sites excluding steroid dienone is 4. The van der Waals surface area contributed by atoms with Gasteiger partial charge in [-0.05, 0) is 61.7 Å². The summed E-state index contributed by atoms with van der Waals surface area (Å²) in [6.45, 7) is 0.535. The summed E-state index contributed by atoms with van der Waals surface area (Å²) in [5.41, 5.74) is 3.30. The van der Waals surface area contributed by atoms with Crippen molar-refractivity contribution in [2.75, 3.05) is 11.4 Å². The second kappa shape index (κ2) is 12.6. The van der Waals surface area contributed by atoms with Crippen LogP contribution in [0, 0.1) is 5.82 Å². The maximum Gasteiger partial charge on any atom is 0.167 e. The Morgan fingerprint density at radius 2 is 1.83 bits per heavy atom. The van der Waals surface area contributed by atoms with E-state index >= 15 is 0 Å². The highest BCUT2D eigenvalue weighted by Crippen LogP contribution is 2.26. The van der Waals surface area contributed by atoms with Crippen LogP contribution in [0.1, 0.15) is 31.4 Å². The lowest BCUT2D eigenvalue weighted by atomic mass is 10.1. The van der Waals surface area contributed by atoms with Crippen LogP contribution in [0.2, 0.25) is 0 Å². The normalized spacial score (nSPS) is 18.9. The maximum atomic E-state index is 13.5. The van der Waals surface area contributed by atoms with Crippen molar-refractivity contribution in [3.8, 4) is 11.3 Å². The largest absolute Gasteiger partial charge is 0.368 e. The molecule has 3 aromatic rings. The minimum Gasteiger partial charge on any atom is -0.368 e. The van der Waals surface area contributed by atoms with Crippen molar-refractivity contribution in [3.05, 3.63) is 101 Å². The van der Waals surface area contributed by atoms with Gasteiger partial charge in [0.25, 0.3) is 0 Å². The summed E-state index contributed by atoms with van der Waals surface area (Å²) in [5.74, 6) is 1.17. The smallest absolute Gasteiger partial charge is 0.167 e. The van der Waals surface area contributed by atoms with Gasteiger partial charge >= 0.3 is 0 Å². The van der Waals surface area contributed by atoms with E-state index in [1.165, 1.54) is 12.1 Å². The molecule has 0 spiro atoms. The Kier molecular flexibility index (Phi) is 9.00. The van der Waals surface area contributed by atoms with Crippen LogP contribution in [0.25, 0.3) is 16.9 Å². The molecule has 0 amide bonds. The van der Waals surface area contributed by atoms with Crippen LogP contribution in [0.3, 0.4) is 0 Å². The zero-order valence-electron chi connectivity index (χ0n) is 19.6. The Balaban J connectivity index is 1.58. The zero-order valence-corrected chi connectivity index (χ0v) is 21.2.